The van der Waals surface area contributed by atoms with Crippen molar-refractivity contribution in [3.63, 3.8) is 0 Å². The standard InChI is InChI=1S/C16H15FN2O5/c1-9-7-12(10(2)24-9)16(22)23-8-14(20)18-19-15(21)11-5-3-4-6-13(11)17/h3-7H,8H2,1-2H3,(H,18,20)(H,19,21). The Morgan fingerprint density at radius 3 is 2.46 bits per heavy atom. The van der Waals surface area contributed by atoms with Crippen molar-refractivity contribution in [2.45, 2.75) is 13.8 Å². The maximum Gasteiger partial charge on any atom is 0.342 e. The number of aryl methyl sites for hydroxylation is 2. The van der Waals surface area contributed by atoms with E-state index in [0.29, 0.717) is 11.5 Å². The Labute approximate surface area is 136 Å². The average molecular weight is 334 g/mol. The molecular weight excluding hydrogens is 319 g/mol. The van der Waals surface area contributed by atoms with Crippen LogP contribution in [-0.2, 0) is 9.53 Å². The number of ether oxygens (including phenoxy) is 1. The van der Waals surface area contributed by atoms with Gasteiger partial charge in [0.1, 0.15) is 22.9 Å². The second-order valence-corrected chi connectivity index (χ2v) is 4.89. The zero-order valence-electron chi connectivity index (χ0n) is 13.0. The summed E-state index contributed by atoms with van der Waals surface area (Å²) in [5.41, 5.74) is 4.05. The van der Waals surface area contributed by atoms with Gasteiger partial charge in [-0.15, -0.1) is 0 Å². The monoisotopic (exact) mass is 334 g/mol. The van der Waals surface area contributed by atoms with Gasteiger partial charge in [-0.2, -0.15) is 0 Å². The first-order chi connectivity index (χ1) is 11.4. The molecule has 2 amide bonds. The van der Waals surface area contributed by atoms with Gasteiger partial charge in [-0.25, -0.2) is 9.18 Å². The number of halogens is 1. The highest BCUT2D eigenvalue weighted by atomic mass is 19.1. The molecule has 0 bridgehead atoms. The first-order valence-electron chi connectivity index (χ1n) is 6.96. The van der Waals surface area contributed by atoms with Gasteiger partial charge < -0.3 is 9.15 Å². The molecule has 1 heterocycles. The number of carbonyl (C=O) groups is 3. The van der Waals surface area contributed by atoms with Gasteiger partial charge in [-0.3, -0.25) is 20.4 Å². The Hall–Kier alpha value is -3.16. The number of benzene rings is 1. The van der Waals surface area contributed by atoms with Crippen molar-refractivity contribution in [1.29, 1.82) is 0 Å². The number of hydrazine groups is 1. The summed E-state index contributed by atoms with van der Waals surface area (Å²) >= 11 is 0. The van der Waals surface area contributed by atoms with Crippen molar-refractivity contribution in [3.8, 4) is 0 Å². The molecule has 0 aliphatic carbocycles. The van der Waals surface area contributed by atoms with Crippen molar-refractivity contribution in [3.05, 3.63) is 58.8 Å². The largest absolute Gasteiger partial charge is 0.466 e. The highest BCUT2D eigenvalue weighted by molar-refractivity contribution is 5.96. The van der Waals surface area contributed by atoms with E-state index in [4.69, 9.17) is 9.15 Å². The predicted molar refractivity (Wildman–Crippen MR) is 80.5 cm³/mol. The van der Waals surface area contributed by atoms with Crippen molar-refractivity contribution >= 4 is 17.8 Å². The molecule has 0 aliphatic heterocycles. The van der Waals surface area contributed by atoms with Crippen LogP contribution in [0.3, 0.4) is 0 Å². The van der Waals surface area contributed by atoms with Crippen LogP contribution in [0.2, 0.25) is 0 Å². The fourth-order valence-corrected chi connectivity index (χ4v) is 1.92. The molecule has 7 nitrogen and oxygen atoms in total. The van der Waals surface area contributed by atoms with Gasteiger partial charge in [0.05, 0.1) is 5.56 Å². The Kier molecular flexibility index (Phi) is 5.31. The quantitative estimate of drug-likeness (QED) is 0.654. The van der Waals surface area contributed by atoms with E-state index in [0.717, 1.165) is 6.07 Å². The smallest absolute Gasteiger partial charge is 0.342 e. The number of nitrogens with one attached hydrogen (secondary N) is 2. The molecular formula is C16H15FN2O5. The second kappa shape index (κ2) is 7.40. The first-order valence-corrected chi connectivity index (χ1v) is 6.96. The van der Waals surface area contributed by atoms with Gasteiger partial charge >= 0.3 is 5.97 Å². The van der Waals surface area contributed by atoms with Crippen LogP contribution in [0.1, 0.15) is 32.2 Å². The summed E-state index contributed by atoms with van der Waals surface area (Å²) in [5, 5.41) is 0. The minimum atomic E-state index is -0.825. The minimum Gasteiger partial charge on any atom is -0.466 e. The van der Waals surface area contributed by atoms with E-state index in [-0.39, 0.29) is 11.1 Å². The number of hydrogen-bond donors (Lipinski definition) is 2. The summed E-state index contributed by atoms with van der Waals surface area (Å²) in [6.07, 6.45) is 0. The van der Waals surface area contributed by atoms with E-state index in [1.54, 1.807) is 13.8 Å². The highest BCUT2D eigenvalue weighted by Gasteiger charge is 2.17. The normalized spacial score (nSPS) is 10.1. The zero-order chi connectivity index (χ0) is 17.7. The van der Waals surface area contributed by atoms with Crippen LogP contribution in [0, 0.1) is 19.7 Å². The molecule has 126 valence electrons. The first kappa shape index (κ1) is 17.2. The Morgan fingerprint density at radius 1 is 1.12 bits per heavy atom. The number of rotatable bonds is 4. The fourth-order valence-electron chi connectivity index (χ4n) is 1.92. The van der Waals surface area contributed by atoms with E-state index in [1.807, 2.05) is 10.9 Å². The molecule has 24 heavy (non-hydrogen) atoms. The molecule has 2 aromatic rings. The molecule has 0 aliphatic rings. The maximum atomic E-state index is 13.4. The molecule has 2 N–H and O–H groups in total. The van der Waals surface area contributed by atoms with Crippen LogP contribution in [-0.4, -0.2) is 24.4 Å². The molecule has 8 heteroatoms. The fraction of sp³-hybridized carbons (Fsp3) is 0.188. The second-order valence-electron chi connectivity index (χ2n) is 4.89. The number of hydrogen-bond acceptors (Lipinski definition) is 5. The lowest BCUT2D eigenvalue weighted by atomic mass is 10.2. The van der Waals surface area contributed by atoms with E-state index in [1.165, 1.54) is 24.3 Å². The molecule has 0 saturated carbocycles. The van der Waals surface area contributed by atoms with Crippen LogP contribution in [0.4, 0.5) is 4.39 Å². The van der Waals surface area contributed by atoms with Gasteiger partial charge in [0, 0.05) is 0 Å². The molecule has 0 spiro atoms. The van der Waals surface area contributed by atoms with Crippen LogP contribution in [0.25, 0.3) is 0 Å². The lowest BCUT2D eigenvalue weighted by Crippen LogP contribution is -2.43. The summed E-state index contributed by atoms with van der Waals surface area (Å²) in [5.74, 6) is -2.12. The maximum absolute atomic E-state index is 13.4. The van der Waals surface area contributed by atoms with Crippen molar-refractivity contribution in [2.75, 3.05) is 6.61 Å². The summed E-state index contributed by atoms with van der Waals surface area (Å²) in [7, 11) is 0. The molecule has 0 saturated heterocycles. The van der Waals surface area contributed by atoms with Crippen LogP contribution < -0.4 is 10.9 Å². The average Bonchev–Trinajstić information content (AvgIpc) is 2.89. The van der Waals surface area contributed by atoms with Crippen LogP contribution in [0.5, 0.6) is 0 Å². The minimum absolute atomic E-state index is 0.218. The van der Waals surface area contributed by atoms with E-state index in [2.05, 4.69) is 0 Å². The predicted octanol–water partition coefficient (Wildman–Crippen LogP) is 1.65. The van der Waals surface area contributed by atoms with Gasteiger partial charge in [-0.05, 0) is 32.0 Å². The SMILES string of the molecule is Cc1cc(C(=O)OCC(=O)NNC(=O)c2ccccc2F)c(C)o1. The molecule has 1 aromatic carbocycles. The van der Waals surface area contributed by atoms with E-state index >= 15 is 0 Å². The third-order valence-corrected chi connectivity index (χ3v) is 3.03. The number of carbonyl (C=O) groups excluding carboxylic acids is 3. The van der Waals surface area contributed by atoms with Crippen molar-refractivity contribution in [1.82, 2.24) is 10.9 Å². The molecule has 2 rings (SSSR count). The van der Waals surface area contributed by atoms with Gasteiger partial charge in [0.2, 0.25) is 0 Å². The lowest BCUT2D eigenvalue weighted by molar-refractivity contribution is -0.125. The van der Waals surface area contributed by atoms with E-state index < -0.39 is 30.2 Å². The number of esters is 1. The zero-order valence-corrected chi connectivity index (χ0v) is 13.0. The summed E-state index contributed by atoms with van der Waals surface area (Å²) < 4.78 is 23.4. The van der Waals surface area contributed by atoms with Crippen LogP contribution in [0.15, 0.2) is 34.7 Å². The van der Waals surface area contributed by atoms with E-state index in [9.17, 15) is 18.8 Å². The van der Waals surface area contributed by atoms with Gasteiger partial charge in [0.25, 0.3) is 11.8 Å². The summed E-state index contributed by atoms with van der Waals surface area (Å²) in [6.45, 7) is 2.66. The molecule has 1 aromatic heterocycles. The highest BCUT2D eigenvalue weighted by Crippen LogP contribution is 2.14. The Bertz CT molecular complexity index is 785. The molecule has 0 unspecified atom stereocenters. The summed E-state index contributed by atoms with van der Waals surface area (Å²) in [6, 6.07) is 6.80. The van der Waals surface area contributed by atoms with Crippen LogP contribution >= 0.6 is 0 Å². The number of furan rings is 1. The Morgan fingerprint density at radius 2 is 1.83 bits per heavy atom. The van der Waals surface area contributed by atoms with Gasteiger partial charge in [-0.1, -0.05) is 12.1 Å². The topological polar surface area (TPSA) is 97.6 Å². The summed E-state index contributed by atoms with van der Waals surface area (Å²) in [4.78, 5) is 35.0. The lowest BCUT2D eigenvalue weighted by Gasteiger charge is -2.08. The molecule has 0 atom stereocenters. The molecule has 0 fully saturated rings. The molecule has 0 radical (unpaired) electrons. The third kappa shape index (κ3) is 4.19. The van der Waals surface area contributed by atoms with Crippen molar-refractivity contribution in [2.24, 2.45) is 0 Å². The Balaban J connectivity index is 1.81. The number of amides is 2. The van der Waals surface area contributed by atoms with Crippen molar-refractivity contribution < 1.29 is 27.9 Å². The third-order valence-electron chi connectivity index (χ3n) is 3.03. The van der Waals surface area contributed by atoms with Gasteiger partial charge in [0.15, 0.2) is 6.61 Å².